The summed E-state index contributed by atoms with van der Waals surface area (Å²) in [6.07, 6.45) is 0.401. The summed E-state index contributed by atoms with van der Waals surface area (Å²) < 4.78 is 12.0. The fraction of sp³-hybridized carbons (Fsp3) is 0.259. The van der Waals surface area contributed by atoms with Crippen molar-refractivity contribution in [3.63, 3.8) is 0 Å². The van der Waals surface area contributed by atoms with Crippen molar-refractivity contribution in [3.05, 3.63) is 102 Å². The van der Waals surface area contributed by atoms with Crippen molar-refractivity contribution in [3.8, 4) is 5.75 Å². The summed E-state index contributed by atoms with van der Waals surface area (Å²) in [6.45, 7) is 0.535. The number of nitrogens with one attached hydrogen (secondary N) is 1. The highest BCUT2D eigenvalue weighted by atomic mass is 16.5. The molecule has 0 spiro atoms. The van der Waals surface area contributed by atoms with E-state index in [0.717, 1.165) is 16.7 Å². The van der Waals surface area contributed by atoms with E-state index < -0.39 is 11.6 Å². The number of aliphatic hydroxyl groups is 1. The molecule has 33 heavy (non-hydrogen) atoms. The summed E-state index contributed by atoms with van der Waals surface area (Å²) in [5.41, 5.74) is 1.51. The fourth-order valence-electron chi connectivity index (χ4n) is 4.03. The minimum Gasteiger partial charge on any atom is -0.494 e. The molecule has 0 saturated carbocycles. The number of ether oxygens (including phenoxy) is 2. The second-order valence-electron chi connectivity index (χ2n) is 7.94. The molecule has 0 radical (unpaired) electrons. The highest BCUT2D eigenvalue weighted by molar-refractivity contribution is 6.01. The molecule has 0 aromatic heterocycles. The summed E-state index contributed by atoms with van der Waals surface area (Å²) in [5.74, 6) is 0.928. The Labute approximate surface area is 193 Å². The molecule has 1 heterocycles. The predicted molar refractivity (Wildman–Crippen MR) is 127 cm³/mol. The van der Waals surface area contributed by atoms with Crippen LogP contribution in [0.25, 0.3) is 0 Å². The van der Waals surface area contributed by atoms with Crippen LogP contribution in [0.4, 0.5) is 0 Å². The lowest BCUT2D eigenvalue weighted by Gasteiger charge is -2.30. The van der Waals surface area contributed by atoms with Gasteiger partial charge >= 0.3 is 0 Å². The molecule has 6 heteroatoms. The highest BCUT2D eigenvalue weighted by Gasteiger charge is 2.52. The monoisotopic (exact) mass is 444 g/mol. The van der Waals surface area contributed by atoms with Crippen molar-refractivity contribution in [2.75, 3.05) is 20.3 Å². The third-order valence-corrected chi connectivity index (χ3v) is 5.68. The Morgan fingerprint density at radius 3 is 2.33 bits per heavy atom. The van der Waals surface area contributed by atoms with Crippen molar-refractivity contribution in [1.82, 2.24) is 5.32 Å². The Bertz CT molecular complexity index is 1080. The number of hydrogen-bond acceptors (Lipinski definition) is 5. The molecule has 2 atom stereocenters. The van der Waals surface area contributed by atoms with Gasteiger partial charge in [0, 0.05) is 32.1 Å². The van der Waals surface area contributed by atoms with Gasteiger partial charge in [-0.2, -0.15) is 0 Å². The van der Waals surface area contributed by atoms with Gasteiger partial charge < -0.3 is 19.9 Å². The maximum Gasteiger partial charge on any atom is 0.252 e. The predicted octanol–water partition coefficient (Wildman–Crippen LogP) is 3.69. The first-order valence-electron chi connectivity index (χ1n) is 11.1. The van der Waals surface area contributed by atoms with E-state index in [1.54, 1.807) is 7.05 Å². The quantitative estimate of drug-likeness (QED) is 0.494. The maximum absolute atomic E-state index is 13.4. The molecule has 1 aliphatic heterocycles. The smallest absolute Gasteiger partial charge is 0.252 e. The van der Waals surface area contributed by atoms with E-state index in [1.165, 1.54) is 0 Å². The minimum atomic E-state index is -1.15. The number of aliphatic hydroxyl groups excluding tert-OH is 1. The minimum absolute atomic E-state index is 0.0899. The Morgan fingerprint density at radius 2 is 1.70 bits per heavy atom. The number of nitrogens with zero attached hydrogens (tertiary/aromatic N) is 1. The zero-order valence-electron chi connectivity index (χ0n) is 18.6. The molecular weight excluding hydrogens is 416 g/mol. The van der Waals surface area contributed by atoms with Crippen LogP contribution >= 0.6 is 0 Å². The SMILES string of the molecule is CNC(=O)[C@]1(Cc2ccccc2)N=C(c2ccc(OCCCO)cc2)O[C@@H]1c1ccccc1. The topological polar surface area (TPSA) is 80.2 Å². The zero-order valence-corrected chi connectivity index (χ0v) is 18.6. The largest absolute Gasteiger partial charge is 0.494 e. The molecule has 3 aromatic rings. The van der Waals surface area contributed by atoms with Crippen molar-refractivity contribution >= 4 is 11.8 Å². The average Bonchev–Trinajstić information content (AvgIpc) is 3.25. The van der Waals surface area contributed by atoms with E-state index in [-0.39, 0.29) is 12.5 Å². The normalized spacial score (nSPS) is 19.5. The summed E-state index contributed by atoms with van der Waals surface area (Å²) in [4.78, 5) is 18.3. The number of amides is 1. The van der Waals surface area contributed by atoms with Crippen LogP contribution in [0.2, 0.25) is 0 Å². The number of aliphatic imine (C=N–C) groups is 1. The van der Waals surface area contributed by atoms with Crippen LogP contribution < -0.4 is 10.1 Å². The molecule has 4 rings (SSSR count). The first-order valence-corrected chi connectivity index (χ1v) is 11.1. The van der Waals surface area contributed by atoms with E-state index in [1.807, 2.05) is 84.9 Å². The standard InChI is InChI=1S/C27H28N2O4/c1-28-26(31)27(19-20-9-4-2-5-10-20)24(21-11-6-3-7-12-21)33-25(29-27)22-13-15-23(16-14-22)32-18-8-17-30/h2-7,9-16,24,30H,8,17-19H2,1H3,(H,28,31)/t24-,27-/m1/s1. The molecule has 0 fully saturated rings. The summed E-state index contributed by atoms with van der Waals surface area (Å²) >= 11 is 0. The van der Waals surface area contributed by atoms with Gasteiger partial charge in [-0.15, -0.1) is 0 Å². The van der Waals surface area contributed by atoms with Crippen LogP contribution in [0.5, 0.6) is 5.75 Å². The number of rotatable bonds is 9. The second-order valence-corrected chi connectivity index (χ2v) is 7.94. The molecule has 1 aliphatic rings. The molecule has 0 saturated heterocycles. The Morgan fingerprint density at radius 1 is 1.03 bits per heavy atom. The molecular formula is C27H28N2O4. The van der Waals surface area contributed by atoms with Gasteiger partial charge in [-0.05, 0) is 35.4 Å². The van der Waals surface area contributed by atoms with Crippen LogP contribution in [-0.4, -0.2) is 42.7 Å². The zero-order chi connectivity index (χ0) is 23.1. The van der Waals surface area contributed by atoms with Crippen molar-refractivity contribution in [2.45, 2.75) is 24.5 Å². The lowest BCUT2D eigenvalue weighted by atomic mass is 9.82. The summed E-state index contributed by atoms with van der Waals surface area (Å²) in [7, 11) is 1.63. The van der Waals surface area contributed by atoms with Crippen LogP contribution in [0.15, 0.2) is 89.9 Å². The Balaban J connectivity index is 1.72. The lowest BCUT2D eigenvalue weighted by molar-refractivity contribution is -0.128. The first kappa shape index (κ1) is 22.6. The van der Waals surface area contributed by atoms with E-state index in [0.29, 0.717) is 31.1 Å². The molecule has 170 valence electrons. The first-order chi connectivity index (χ1) is 16.2. The van der Waals surface area contributed by atoms with E-state index >= 15 is 0 Å². The van der Waals surface area contributed by atoms with Crippen LogP contribution in [0.3, 0.4) is 0 Å². The molecule has 0 bridgehead atoms. The fourth-order valence-corrected chi connectivity index (χ4v) is 4.03. The van der Waals surface area contributed by atoms with Gasteiger partial charge in [0.15, 0.2) is 11.6 Å². The van der Waals surface area contributed by atoms with Gasteiger partial charge in [0.1, 0.15) is 5.75 Å². The molecule has 2 N–H and O–H groups in total. The van der Waals surface area contributed by atoms with Crippen molar-refractivity contribution < 1.29 is 19.4 Å². The van der Waals surface area contributed by atoms with E-state index in [2.05, 4.69) is 5.32 Å². The van der Waals surface area contributed by atoms with Gasteiger partial charge in [-0.1, -0.05) is 60.7 Å². The Hall–Kier alpha value is -3.64. The molecule has 0 aliphatic carbocycles. The van der Waals surface area contributed by atoms with Crippen molar-refractivity contribution in [2.24, 2.45) is 4.99 Å². The average molecular weight is 445 g/mol. The van der Waals surface area contributed by atoms with Gasteiger partial charge in [0.2, 0.25) is 5.90 Å². The molecule has 6 nitrogen and oxygen atoms in total. The van der Waals surface area contributed by atoms with Crippen LogP contribution in [0.1, 0.15) is 29.2 Å². The summed E-state index contributed by atoms with van der Waals surface area (Å²) in [5, 5.41) is 11.7. The van der Waals surface area contributed by atoms with Gasteiger partial charge in [-0.25, -0.2) is 4.99 Å². The molecule has 0 unspecified atom stereocenters. The van der Waals surface area contributed by atoms with Crippen LogP contribution in [-0.2, 0) is 16.0 Å². The lowest BCUT2D eigenvalue weighted by Crippen LogP contribution is -2.48. The van der Waals surface area contributed by atoms with E-state index in [9.17, 15) is 4.79 Å². The second kappa shape index (κ2) is 10.3. The number of carbonyl (C=O) groups is 1. The van der Waals surface area contributed by atoms with Gasteiger partial charge in [0.25, 0.3) is 5.91 Å². The third-order valence-electron chi connectivity index (χ3n) is 5.68. The number of benzene rings is 3. The molecule has 1 amide bonds. The van der Waals surface area contributed by atoms with E-state index in [4.69, 9.17) is 19.6 Å². The number of carbonyl (C=O) groups excluding carboxylic acids is 1. The van der Waals surface area contributed by atoms with Crippen molar-refractivity contribution in [1.29, 1.82) is 0 Å². The number of hydrogen-bond donors (Lipinski definition) is 2. The number of likely N-dealkylation sites (N-methyl/N-ethyl adjacent to an activating group) is 1. The van der Waals surface area contributed by atoms with Gasteiger partial charge in [0.05, 0.1) is 6.61 Å². The Kier molecular flexibility index (Phi) is 7.05. The summed E-state index contributed by atoms with van der Waals surface area (Å²) in [6, 6.07) is 27.0. The van der Waals surface area contributed by atoms with Crippen LogP contribution in [0, 0.1) is 0 Å². The van der Waals surface area contributed by atoms with Gasteiger partial charge in [-0.3, -0.25) is 4.79 Å². The maximum atomic E-state index is 13.4. The highest BCUT2D eigenvalue weighted by Crippen LogP contribution is 2.42. The molecule has 3 aromatic carbocycles. The third kappa shape index (κ3) is 4.91.